The number of nitrogens with zero attached hydrogens (tertiary/aromatic N) is 1. The second kappa shape index (κ2) is 36.8. The molecular formula is C45H84N2O6P+. The summed E-state index contributed by atoms with van der Waals surface area (Å²) in [7, 11) is 1.53. The molecule has 314 valence electrons. The number of hydrogen-bond acceptors (Lipinski definition) is 5. The van der Waals surface area contributed by atoms with Gasteiger partial charge in [-0.25, -0.2) is 4.57 Å². The molecule has 0 fully saturated rings. The van der Waals surface area contributed by atoms with Gasteiger partial charge in [-0.05, 0) is 77.0 Å². The average molecular weight is 780 g/mol. The fourth-order valence-corrected chi connectivity index (χ4v) is 6.42. The maximum absolute atomic E-state index is 12.8. The molecule has 0 aromatic heterocycles. The number of nitrogens with one attached hydrogen (secondary N) is 1. The van der Waals surface area contributed by atoms with Gasteiger partial charge in [-0.1, -0.05) is 145 Å². The van der Waals surface area contributed by atoms with Crippen LogP contribution >= 0.6 is 7.82 Å². The highest BCUT2D eigenvalue weighted by atomic mass is 31.2. The smallest absolute Gasteiger partial charge is 0.387 e. The van der Waals surface area contributed by atoms with E-state index in [-0.39, 0.29) is 19.1 Å². The van der Waals surface area contributed by atoms with Gasteiger partial charge >= 0.3 is 7.82 Å². The minimum Gasteiger partial charge on any atom is -0.387 e. The predicted molar refractivity (Wildman–Crippen MR) is 230 cm³/mol. The Morgan fingerprint density at radius 2 is 1.07 bits per heavy atom. The van der Waals surface area contributed by atoms with Crippen LogP contribution in [0.1, 0.15) is 168 Å². The number of allylic oxidation sites excluding steroid dienone is 9. The Hall–Kier alpha value is -1.80. The fourth-order valence-electron chi connectivity index (χ4n) is 5.69. The van der Waals surface area contributed by atoms with Crippen molar-refractivity contribution >= 4 is 13.7 Å². The average Bonchev–Trinajstić information content (AvgIpc) is 3.12. The molecule has 3 unspecified atom stereocenters. The summed E-state index contributed by atoms with van der Waals surface area (Å²) in [5.74, 6) is -0.208. The zero-order chi connectivity index (χ0) is 40.0. The van der Waals surface area contributed by atoms with E-state index in [1.54, 1.807) is 6.08 Å². The van der Waals surface area contributed by atoms with Crippen molar-refractivity contribution in [1.29, 1.82) is 0 Å². The van der Waals surface area contributed by atoms with Crippen LogP contribution in [0.3, 0.4) is 0 Å². The highest BCUT2D eigenvalue weighted by Gasteiger charge is 2.27. The van der Waals surface area contributed by atoms with E-state index in [0.29, 0.717) is 17.4 Å². The third-order valence-electron chi connectivity index (χ3n) is 9.19. The number of likely N-dealkylation sites (N-methyl/N-ethyl adjacent to an activating group) is 1. The Morgan fingerprint density at radius 1 is 0.630 bits per heavy atom. The summed E-state index contributed by atoms with van der Waals surface area (Å²) in [6, 6.07) is -0.877. The molecule has 3 N–H and O–H groups in total. The van der Waals surface area contributed by atoms with Crippen molar-refractivity contribution in [2.75, 3.05) is 40.9 Å². The molecule has 0 aliphatic carbocycles. The van der Waals surface area contributed by atoms with Gasteiger partial charge in [0.25, 0.3) is 0 Å². The first-order valence-electron chi connectivity index (χ1n) is 21.7. The predicted octanol–water partition coefficient (Wildman–Crippen LogP) is 11.9. The van der Waals surface area contributed by atoms with Crippen LogP contribution in [-0.2, 0) is 18.4 Å². The lowest BCUT2D eigenvalue weighted by Crippen LogP contribution is -2.45. The molecule has 54 heavy (non-hydrogen) atoms. The van der Waals surface area contributed by atoms with Gasteiger partial charge < -0.3 is 19.8 Å². The molecule has 0 aromatic rings. The van der Waals surface area contributed by atoms with Crippen molar-refractivity contribution in [3.63, 3.8) is 0 Å². The maximum atomic E-state index is 12.8. The van der Waals surface area contributed by atoms with E-state index in [4.69, 9.17) is 9.05 Å². The summed E-state index contributed by atoms with van der Waals surface area (Å²) < 4.78 is 23.5. The first kappa shape index (κ1) is 52.2. The summed E-state index contributed by atoms with van der Waals surface area (Å²) in [6.07, 6.45) is 47.1. The van der Waals surface area contributed by atoms with E-state index in [1.165, 1.54) is 77.0 Å². The van der Waals surface area contributed by atoms with Crippen LogP contribution < -0.4 is 5.32 Å². The second-order valence-corrected chi connectivity index (χ2v) is 17.1. The highest BCUT2D eigenvalue weighted by molar-refractivity contribution is 7.47. The molecule has 0 aliphatic rings. The van der Waals surface area contributed by atoms with Gasteiger partial charge in [0.2, 0.25) is 5.91 Å². The van der Waals surface area contributed by atoms with Crippen molar-refractivity contribution in [2.24, 2.45) is 0 Å². The van der Waals surface area contributed by atoms with Gasteiger partial charge in [0, 0.05) is 6.42 Å². The Labute approximate surface area is 332 Å². The number of unbranched alkanes of at least 4 members (excludes halogenated alkanes) is 17. The molecule has 9 heteroatoms. The zero-order valence-electron chi connectivity index (χ0n) is 35.4. The number of quaternary nitrogens is 1. The topological polar surface area (TPSA) is 105 Å². The van der Waals surface area contributed by atoms with Gasteiger partial charge in [-0.15, -0.1) is 0 Å². The van der Waals surface area contributed by atoms with Crippen LogP contribution in [0.5, 0.6) is 0 Å². The largest absolute Gasteiger partial charge is 0.472 e. The number of phosphoric acid groups is 1. The van der Waals surface area contributed by atoms with Gasteiger partial charge in [-0.3, -0.25) is 13.8 Å². The third kappa shape index (κ3) is 38.5. The number of aliphatic hydroxyl groups is 1. The summed E-state index contributed by atoms with van der Waals surface area (Å²) >= 11 is 0. The Bertz CT molecular complexity index is 1060. The fraction of sp³-hybridized carbons (Fsp3) is 0.756. The Morgan fingerprint density at radius 3 is 1.61 bits per heavy atom. The summed E-state index contributed by atoms with van der Waals surface area (Å²) in [5.41, 5.74) is 0. The quantitative estimate of drug-likeness (QED) is 0.0249. The number of carbonyl (C=O) groups is 1. The van der Waals surface area contributed by atoms with E-state index in [1.807, 2.05) is 27.2 Å². The van der Waals surface area contributed by atoms with Crippen LogP contribution in [0.4, 0.5) is 0 Å². The summed E-state index contributed by atoms with van der Waals surface area (Å²) in [5, 5.41) is 13.8. The lowest BCUT2D eigenvalue weighted by molar-refractivity contribution is -0.870. The van der Waals surface area contributed by atoms with E-state index >= 15 is 0 Å². The van der Waals surface area contributed by atoms with Crippen LogP contribution in [0.2, 0.25) is 0 Å². The molecule has 0 bridgehead atoms. The molecule has 0 spiro atoms. The molecular weight excluding hydrogens is 695 g/mol. The first-order valence-corrected chi connectivity index (χ1v) is 23.2. The van der Waals surface area contributed by atoms with Crippen LogP contribution in [0.15, 0.2) is 60.8 Å². The summed E-state index contributed by atoms with van der Waals surface area (Å²) in [4.78, 5) is 23.1. The molecule has 0 aromatic carbocycles. The number of phosphoric ester groups is 1. The molecule has 0 saturated carbocycles. The molecule has 8 nitrogen and oxygen atoms in total. The first-order chi connectivity index (χ1) is 26.0. The van der Waals surface area contributed by atoms with Crippen molar-refractivity contribution < 1.29 is 32.9 Å². The number of amides is 1. The SMILES string of the molecule is CCCCCC/C=C\C/C=C\CCCCCCCC(=O)NC(COP(=O)(O)OCC[N+](C)(C)C)C(O)/C=C/CC/C=C/CC/C=C/CCCCCCCC. The lowest BCUT2D eigenvalue weighted by Gasteiger charge is -2.25. The molecule has 0 saturated heterocycles. The number of hydrogen-bond donors (Lipinski definition) is 3. The monoisotopic (exact) mass is 780 g/mol. The molecule has 0 heterocycles. The van der Waals surface area contributed by atoms with E-state index < -0.39 is 20.0 Å². The normalized spacial score (nSPS) is 15.0. The Balaban J connectivity index is 4.58. The van der Waals surface area contributed by atoms with Gasteiger partial charge in [0.15, 0.2) is 0 Å². The van der Waals surface area contributed by atoms with Gasteiger partial charge in [0.05, 0.1) is 39.9 Å². The second-order valence-electron chi connectivity index (χ2n) is 15.7. The van der Waals surface area contributed by atoms with E-state index in [2.05, 4.69) is 67.8 Å². The van der Waals surface area contributed by atoms with Gasteiger partial charge in [-0.2, -0.15) is 0 Å². The molecule has 0 rings (SSSR count). The third-order valence-corrected chi connectivity index (χ3v) is 10.2. The summed E-state index contributed by atoms with van der Waals surface area (Å²) in [6.45, 7) is 4.72. The van der Waals surface area contributed by atoms with Crippen LogP contribution in [-0.4, -0.2) is 73.4 Å². The van der Waals surface area contributed by atoms with Crippen molar-refractivity contribution in [1.82, 2.24) is 5.32 Å². The minimum absolute atomic E-state index is 0.0483. The molecule has 0 radical (unpaired) electrons. The number of aliphatic hydroxyl groups excluding tert-OH is 1. The van der Waals surface area contributed by atoms with E-state index in [0.717, 1.165) is 70.6 Å². The number of rotatable bonds is 38. The maximum Gasteiger partial charge on any atom is 0.472 e. The zero-order valence-corrected chi connectivity index (χ0v) is 36.3. The van der Waals surface area contributed by atoms with Crippen LogP contribution in [0.25, 0.3) is 0 Å². The van der Waals surface area contributed by atoms with Crippen LogP contribution in [0, 0.1) is 0 Å². The highest BCUT2D eigenvalue weighted by Crippen LogP contribution is 2.43. The molecule has 0 aliphatic heterocycles. The standard InChI is InChI=1S/C45H83N2O6P/c1-6-8-10-12-14-16-18-20-22-24-26-28-30-32-34-36-38-44(48)43(42-53-54(50,51)52-41-40-47(3,4)5)46-45(49)39-37-35-33-31-29-27-25-23-21-19-17-15-13-11-9-7-2/h17,19-20,22-23,25,28,30,36,38,43-44,48H,6-16,18,21,24,26-27,29,31-35,37,39-42H2,1-5H3,(H-,46,49,50,51)/p+1/b19-17-,22-20+,25-23-,30-28+,38-36+. The minimum atomic E-state index is -4.35. The molecule has 3 atom stereocenters. The van der Waals surface area contributed by atoms with Crippen molar-refractivity contribution in [3.05, 3.63) is 60.8 Å². The number of carbonyl (C=O) groups excluding carboxylic acids is 1. The Kier molecular flexibility index (Phi) is 35.6. The van der Waals surface area contributed by atoms with Crippen molar-refractivity contribution in [2.45, 2.75) is 180 Å². The van der Waals surface area contributed by atoms with E-state index in [9.17, 15) is 19.4 Å². The molecule has 1 amide bonds. The lowest BCUT2D eigenvalue weighted by atomic mass is 10.1. The van der Waals surface area contributed by atoms with Gasteiger partial charge in [0.1, 0.15) is 13.2 Å². The van der Waals surface area contributed by atoms with Crippen molar-refractivity contribution in [3.8, 4) is 0 Å².